The summed E-state index contributed by atoms with van der Waals surface area (Å²) in [5.74, 6) is 3.02. The van der Waals surface area contributed by atoms with Gasteiger partial charge < -0.3 is 47.0 Å². The van der Waals surface area contributed by atoms with Gasteiger partial charge in [-0.3, -0.25) is 0 Å². The Morgan fingerprint density at radius 1 is 0.542 bits per heavy atom. The summed E-state index contributed by atoms with van der Waals surface area (Å²) in [5.41, 5.74) is 0.687. The molecule has 2 atom stereocenters. The van der Waals surface area contributed by atoms with Crippen LogP contribution in [0.15, 0.2) is 0 Å². The van der Waals surface area contributed by atoms with E-state index >= 15 is 0 Å². The van der Waals surface area contributed by atoms with Gasteiger partial charge in [-0.15, -0.1) is 0 Å². The molecule has 6 rings (SSSR count). The fourth-order valence-corrected chi connectivity index (χ4v) is 13.7. The van der Waals surface area contributed by atoms with Gasteiger partial charge in [0.15, 0.2) is 0 Å². The molecule has 2 saturated heterocycles. The molecule has 344 valence electrons. The lowest BCUT2D eigenvalue weighted by molar-refractivity contribution is -0.0959. The molecule has 59 heavy (non-hydrogen) atoms. The molecular formula is C48H89NO9Si. The van der Waals surface area contributed by atoms with Crippen LogP contribution in [-0.4, -0.2) is 118 Å². The first kappa shape index (κ1) is 48.3. The second kappa shape index (κ2) is 23.7. The zero-order valence-corrected chi connectivity index (χ0v) is 39.8. The Bertz CT molecular complexity index is 1080. The van der Waals surface area contributed by atoms with Crippen LogP contribution < -0.4 is 5.32 Å². The van der Waals surface area contributed by atoms with Crippen LogP contribution in [0.4, 0.5) is 0 Å². The monoisotopic (exact) mass is 852 g/mol. The van der Waals surface area contributed by atoms with Gasteiger partial charge in [0.2, 0.25) is 0 Å². The van der Waals surface area contributed by atoms with Gasteiger partial charge >= 0.3 is 8.80 Å². The van der Waals surface area contributed by atoms with Gasteiger partial charge in [0.1, 0.15) is 12.2 Å². The van der Waals surface area contributed by atoms with Crippen molar-refractivity contribution >= 4 is 8.80 Å². The zero-order valence-electron chi connectivity index (χ0n) is 38.8. The third-order valence-corrected chi connectivity index (χ3v) is 19.2. The summed E-state index contributed by atoms with van der Waals surface area (Å²) < 4.78 is 55.9. The van der Waals surface area contributed by atoms with E-state index in [4.69, 9.17) is 41.7 Å². The highest BCUT2D eigenvalue weighted by molar-refractivity contribution is 6.60. The highest BCUT2D eigenvalue weighted by atomic mass is 28.4. The molecule has 4 aliphatic carbocycles. The Kier molecular flexibility index (Phi) is 19.4. The van der Waals surface area contributed by atoms with Crippen molar-refractivity contribution in [3.8, 4) is 0 Å². The first-order valence-corrected chi connectivity index (χ1v) is 26.6. The van der Waals surface area contributed by atoms with Gasteiger partial charge in [0, 0.05) is 20.3 Å². The smallest absolute Gasteiger partial charge is 0.377 e. The summed E-state index contributed by atoms with van der Waals surface area (Å²) in [6.45, 7) is 18.8. The Labute approximate surface area is 361 Å². The van der Waals surface area contributed by atoms with E-state index in [1.807, 2.05) is 0 Å². The molecule has 11 heteroatoms. The number of hydrogen-bond donors (Lipinski definition) is 1. The molecule has 0 amide bonds. The topological polar surface area (TPSA) is 102 Å². The number of epoxide rings is 2. The number of hydrogen-bond acceptors (Lipinski definition) is 10. The van der Waals surface area contributed by atoms with E-state index in [2.05, 4.69) is 39.9 Å². The first-order valence-electron chi connectivity index (χ1n) is 24.7. The molecule has 0 aromatic carbocycles. The standard InChI is InChI=1S/C48H89NO9Si/c1-8-9-27-49-28-10-29-59(50-6,51-7)58-46(34-54-42-23-15-38(16-24-42)47(2,3)36-11-19-40(20-12-36)52-30-44-32-56-44)35-55-43-25-17-39(18-26-43)48(4,5)37-13-21-41(22-14-37)53-31-45-33-57-45/h36-46,49H,8-35H2,1-7H3. The van der Waals surface area contributed by atoms with Crippen LogP contribution in [0.1, 0.15) is 157 Å². The summed E-state index contributed by atoms with van der Waals surface area (Å²) in [6, 6.07) is 0.780. The van der Waals surface area contributed by atoms with E-state index < -0.39 is 8.80 Å². The Hall–Kier alpha value is -0.183. The van der Waals surface area contributed by atoms with E-state index in [1.165, 1.54) is 89.9 Å². The number of rotatable bonds is 27. The predicted octanol–water partition coefficient (Wildman–Crippen LogP) is 9.53. The minimum absolute atomic E-state index is 0.217. The van der Waals surface area contributed by atoms with Crippen molar-refractivity contribution in [2.75, 3.05) is 67.0 Å². The van der Waals surface area contributed by atoms with Crippen LogP contribution in [-0.2, 0) is 41.7 Å². The fraction of sp³-hybridized carbons (Fsp3) is 1.00. The normalized spacial score (nSPS) is 33.8. The SMILES string of the molecule is CCCCNCCC[Si](OC)(OC)OC(COC1CCC(C(C)(C)C2CCC(OCC3CO3)CC2)CC1)COC1CCC(C(C)(C)C2CCC(OCC3CO3)CC2)CC1. The van der Waals surface area contributed by atoms with Crippen LogP contribution in [0.3, 0.4) is 0 Å². The minimum atomic E-state index is -2.92. The number of ether oxygens (including phenoxy) is 6. The lowest BCUT2D eigenvalue weighted by atomic mass is 9.60. The molecule has 2 heterocycles. The third kappa shape index (κ3) is 14.9. The Morgan fingerprint density at radius 2 is 0.898 bits per heavy atom. The van der Waals surface area contributed by atoms with E-state index in [0.717, 1.165) is 101 Å². The van der Waals surface area contributed by atoms with Crippen molar-refractivity contribution in [1.29, 1.82) is 0 Å². The van der Waals surface area contributed by atoms with Gasteiger partial charge in [-0.05, 0) is 163 Å². The third-order valence-electron chi connectivity index (χ3n) is 16.3. The van der Waals surface area contributed by atoms with Gasteiger partial charge in [0.25, 0.3) is 0 Å². The van der Waals surface area contributed by atoms with Gasteiger partial charge in [-0.1, -0.05) is 41.0 Å². The highest BCUT2D eigenvalue weighted by Crippen LogP contribution is 2.50. The molecule has 0 radical (unpaired) electrons. The highest BCUT2D eigenvalue weighted by Gasteiger charge is 2.45. The van der Waals surface area contributed by atoms with Crippen molar-refractivity contribution in [2.45, 2.75) is 205 Å². The maximum Gasteiger partial charge on any atom is 0.500 e. The van der Waals surface area contributed by atoms with Crippen molar-refractivity contribution in [2.24, 2.45) is 34.5 Å². The van der Waals surface area contributed by atoms with Gasteiger partial charge in [0.05, 0.1) is 70.2 Å². The summed E-state index contributed by atoms with van der Waals surface area (Å²) in [6.07, 6.45) is 24.6. The van der Waals surface area contributed by atoms with Crippen LogP contribution in [0.25, 0.3) is 0 Å². The second-order valence-corrected chi connectivity index (χ2v) is 23.7. The van der Waals surface area contributed by atoms with E-state index in [1.54, 1.807) is 14.2 Å². The molecule has 4 saturated carbocycles. The molecule has 2 aliphatic heterocycles. The lowest BCUT2D eigenvalue weighted by Gasteiger charge is -2.47. The van der Waals surface area contributed by atoms with Gasteiger partial charge in [-0.25, -0.2) is 0 Å². The largest absolute Gasteiger partial charge is 0.500 e. The molecule has 0 spiro atoms. The first-order chi connectivity index (χ1) is 28.5. The maximum absolute atomic E-state index is 6.92. The fourth-order valence-electron chi connectivity index (χ4n) is 11.5. The zero-order chi connectivity index (χ0) is 41.7. The average molecular weight is 852 g/mol. The number of unbranched alkanes of at least 4 members (excludes halogenated alkanes) is 1. The van der Waals surface area contributed by atoms with E-state index in [9.17, 15) is 0 Å². The van der Waals surface area contributed by atoms with Crippen molar-refractivity contribution in [1.82, 2.24) is 5.32 Å². The molecule has 0 aromatic rings. The molecular weight excluding hydrogens is 763 g/mol. The Morgan fingerprint density at radius 3 is 1.24 bits per heavy atom. The molecule has 10 nitrogen and oxygen atoms in total. The quantitative estimate of drug-likeness (QED) is 0.0489. The Balaban J connectivity index is 0.961. The van der Waals surface area contributed by atoms with Crippen molar-refractivity contribution < 1.29 is 41.7 Å². The molecule has 6 aliphatic rings. The predicted molar refractivity (Wildman–Crippen MR) is 236 cm³/mol. The van der Waals surface area contributed by atoms with E-state index in [0.29, 0.717) is 48.5 Å². The molecule has 0 bridgehead atoms. The molecule has 1 N–H and O–H groups in total. The summed E-state index contributed by atoms with van der Waals surface area (Å²) in [5, 5.41) is 3.58. The second-order valence-electron chi connectivity index (χ2n) is 20.8. The molecule has 0 aromatic heterocycles. The number of nitrogens with one attached hydrogen (secondary N) is 1. The van der Waals surface area contributed by atoms with Crippen LogP contribution in [0.5, 0.6) is 0 Å². The summed E-state index contributed by atoms with van der Waals surface area (Å²) in [7, 11) is 0.605. The lowest BCUT2D eigenvalue weighted by Crippen LogP contribution is -2.50. The van der Waals surface area contributed by atoms with Gasteiger partial charge in [-0.2, -0.15) is 0 Å². The summed E-state index contributed by atoms with van der Waals surface area (Å²) >= 11 is 0. The maximum atomic E-state index is 6.92. The minimum Gasteiger partial charge on any atom is -0.377 e. The average Bonchev–Trinajstić information content (AvgIpc) is 4.21. The van der Waals surface area contributed by atoms with Crippen LogP contribution in [0, 0.1) is 34.5 Å². The molecule has 2 unspecified atom stereocenters. The van der Waals surface area contributed by atoms with Crippen LogP contribution in [0.2, 0.25) is 6.04 Å². The molecule has 6 fully saturated rings. The van der Waals surface area contributed by atoms with Crippen molar-refractivity contribution in [3.63, 3.8) is 0 Å². The van der Waals surface area contributed by atoms with Crippen LogP contribution >= 0.6 is 0 Å². The van der Waals surface area contributed by atoms with E-state index in [-0.39, 0.29) is 18.3 Å². The summed E-state index contributed by atoms with van der Waals surface area (Å²) in [4.78, 5) is 0. The van der Waals surface area contributed by atoms with Crippen molar-refractivity contribution in [3.05, 3.63) is 0 Å².